The van der Waals surface area contributed by atoms with E-state index >= 15 is 0 Å². The summed E-state index contributed by atoms with van der Waals surface area (Å²) in [6.07, 6.45) is 0. The molecule has 0 bridgehead atoms. The summed E-state index contributed by atoms with van der Waals surface area (Å²) >= 11 is 18.1. The Labute approximate surface area is 115 Å². The zero-order valence-corrected chi connectivity index (χ0v) is 11.1. The van der Waals surface area contributed by atoms with Gasteiger partial charge in [0, 0.05) is 0 Å². The minimum Gasteiger partial charge on any atom is -0.432 e. The average molecular weight is 310 g/mol. The van der Waals surface area contributed by atoms with Crippen LogP contribution in [0.25, 0.3) is 0 Å². The van der Waals surface area contributed by atoms with Crippen molar-refractivity contribution in [3.63, 3.8) is 0 Å². The summed E-state index contributed by atoms with van der Waals surface area (Å²) in [6.45, 7) is 0. The van der Waals surface area contributed by atoms with E-state index in [-0.39, 0.29) is 26.8 Å². The maximum absolute atomic E-state index is 11.5. The molecule has 1 heterocycles. The molecule has 0 spiro atoms. The molecule has 0 fully saturated rings. The van der Waals surface area contributed by atoms with Gasteiger partial charge in [0.2, 0.25) is 0 Å². The number of para-hydroxylation sites is 1. The van der Waals surface area contributed by atoms with Crippen molar-refractivity contribution < 1.29 is 4.74 Å². The lowest BCUT2D eigenvalue weighted by molar-refractivity contribution is 0.462. The lowest BCUT2D eigenvalue weighted by Crippen LogP contribution is -2.07. The van der Waals surface area contributed by atoms with Crippen molar-refractivity contribution in [2.75, 3.05) is 0 Å². The zero-order valence-electron chi connectivity index (χ0n) is 7.99. The Balaban J connectivity index is 2.45. The molecule has 0 unspecified atom stereocenters. The molecule has 0 radical (unpaired) electrons. The summed E-state index contributed by atoms with van der Waals surface area (Å²) in [5.41, 5.74) is -0.610. The molecule has 0 aliphatic heterocycles. The Morgan fingerprint density at radius 1 is 1.12 bits per heavy atom. The molecule has 0 atom stereocenters. The van der Waals surface area contributed by atoms with Crippen molar-refractivity contribution in [1.82, 2.24) is 8.75 Å². The van der Waals surface area contributed by atoms with Gasteiger partial charge in [-0.15, -0.1) is 4.37 Å². The molecule has 1 aromatic carbocycles. The second-order valence-corrected chi connectivity index (χ2v) is 4.54. The molecule has 8 heteroatoms. The molecule has 0 N–H and O–H groups in total. The third-order valence-electron chi connectivity index (χ3n) is 1.74. The first kappa shape index (κ1) is 12.6. The number of benzene rings is 1. The summed E-state index contributed by atoms with van der Waals surface area (Å²) in [7, 11) is 0. The Bertz CT molecular complexity index is 597. The van der Waals surface area contributed by atoms with Gasteiger partial charge in [0.15, 0.2) is 10.9 Å². The largest absolute Gasteiger partial charge is 0.432 e. The number of hydrogen-bond acceptors (Lipinski definition) is 5. The number of halogens is 3. The Hall–Kier alpha value is -0.880. The summed E-state index contributed by atoms with van der Waals surface area (Å²) in [6, 6.07) is 4.82. The van der Waals surface area contributed by atoms with Crippen LogP contribution in [0.15, 0.2) is 23.0 Å². The van der Waals surface area contributed by atoms with E-state index in [1.807, 2.05) is 0 Å². The molecule has 4 nitrogen and oxygen atoms in total. The van der Waals surface area contributed by atoms with Crippen LogP contribution in [0.3, 0.4) is 0 Å². The molecular formula is C9H3Cl3N2O2S. The van der Waals surface area contributed by atoms with Crippen LogP contribution in [-0.2, 0) is 0 Å². The normalized spacial score (nSPS) is 10.3. The van der Waals surface area contributed by atoms with E-state index in [4.69, 9.17) is 39.5 Å². The highest BCUT2D eigenvalue weighted by atomic mass is 35.5. The van der Waals surface area contributed by atoms with Crippen molar-refractivity contribution >= 4 is 46.5 Å². The smallest absolute Gasteiger partial charge is 0.283 e. The van der Waals surface area contributed by atoms with Crippen LogP contribution in [0.5, 0.6) is 11.6 Å². The Morgan fingerprint density at radius 3 is 2.41 bits per heavy atom. The summed E-state index contributed by atoms with van der Waals surface area (Å²) in [5, 5.41) is 0.344. The first-order valence-electron chi connectivity index (χ1n) is 4.24. The second-order valence-electron chi connectivity index (χ2n) is 2.84. The fraction of sp³-hybridized carbons (Fsp3) is 0. The van der Waals surface area contributed by atoms with Crippen molar-refractivity contribution in [3.05, 3.63) is 43.6 Å². The van der Waals surface area contributed by atoms with Crippen molar-refractivity contribution in [2.45, 2.75) is 0 Å². The first-order chi connectivity index (χ1) is 8.09. The molecule has 1 aromatic heterocycles. The highest BCUT2D eigenvalue weighted by Crippen LogP contribution is 2.34. The van der Waals surface area contributed by atoms with E-state index in [0.29, 0.717) is 0 Å². The minimum absolute atomic E-state index is 0.162. The fourth-order valence-electron chi connectivity index (χ4n) is 1.01. The minimum atomic E-state index is -0.610. The SMILES string of the molecule is O=c1c(Cl)nsnc1Oc1c(Cl)cccc1Cl. The highest BCUT2D eigenvalue weighted by Gasteiger charge is 2.13. The number of aromatic nitrogens is 2. The maximum atomic E-state index is 11.5. The Morgan fingerprint density at radius 2 is 1.76 bits per heavy atom. The molecule has 0 saturated carbocycles. The molecule has 0 aliphatic carbocycles. The number of hydrogen-bond donors (Lipinski definition) is 0. The van der Waals surface area contributed by atoms with Gasteiger partial charge in [-0.05, 0) is 12.1 Å². The molecule has 2 aromatic rings. The topological polar surface area (TPSA) is 52.1 Å². The third kappa shape index (κ3) is 2.69. The predicted octanol–water partition coefficient (Wildman–Crippen LogP) is 3.65. The molecular weight excluding hydrogens is 307 g/mol. The van der Waals surface area contributed by atoms with Gasteiger partial charge in [-0.3, -0.25) is 4.79 Å². The van der Waals surface area contributed by atoms with Crippen LogP contribution >= 0.6 is 46.5 Å². The monoisotopic (exact) mass is 308 g/mol. The second kappa shape index (κ2) is 5.18. The van der Waals surface area contributed by atoms with Gasteiger partial charge in [0.1, 0.15) is 0 Å². The van der Waals surface area contributed by atoms with Gasteiger partial charge < -0.3 is 4.74 Å². The highest BCUT2D eigenvalue weighted by molar-refractivity contribution is 6.99. The molecule has 0 saturated heterocycles. The van der Waals surface area contributed by atoms with Crippen molar-refractivity contribution in [1.29, 1.82) is 0 Å². The van der Waals surface area contributed by atoms with Crippen molar-refractivity contribution in [2.24, 2.45) is 0 Å². The van der Waals surface area contributed by atoms with E-state index in [1.165, 1.54) is 0 Å². The van der Waals surface area contributed by atoms with Gasteiger partial charge in [0.05, 0.1) is 21.8 Å². The van der Waals surface area contributed by atoms with Crippen LogP contribution in [0.2, 0.25) is 15.2 Å². The molecule has 0 amide bonds. The molecule has 17 heavy (non-hydrogen) atoms. The van der Waals surface area contributed by atoms with Gasteiger partial charge >= 0.3 is 0 Å². The van der Waals surface area contributed by atoms with E-state index in [2.05, 4.69) is 8.75 Å². The molecule has 2 rings (SSSR count). The van der Waals surface area contributed by atoms with Crippen LogP contribution in [-0.4, -0.2) is 8.75 Å². The van der Waals surface area contributed by atoms with E-state index in [1.54, 1.807) is 18.2 Å². The van der Waals surface area contributed by atoms with E-state index < -0.39 is 5.43 Å². The first-order valence-corrected chi connectivity index (χ1v) is 6.10. The van der Waals surface area contributed by atoms with Gasteiger partial charge in [-0.1, -0.05) is 40.9 Å². The quantitative estimate of drug-likeness (QED) is 0.849. The lowest BCUT2D eigenvalue weighted by Gasteiger charge is -2.06. The fourth-order valence-corrected chi connectivity index (χ4v) is 2.04. The van der Waals surface area contributed by atoms with E-state index in [9.17, 15) is 4.79 Å². The molecule has 0 aliphatic rings. The number of nitrogens with zero attached hydrogens (tertiary/aromatic N) is 2. The van der Waals surface area contributed by atoms with Crippen LogP contribution in [0, 0.1) is 0 Å². The third-order valence-corrected chi connectivity index (χ3v) is 3.21. The van der Waals surface area contributed by atoms with Gasteiger partial charge in [-0.2, -0.15) is 4.37 Å². The van der Waals surface area contributed by atoms with Gasteiger partial charge in [-0.25, -0.2) is 0 Å². The number of ether oxygens (including phenoxy) is 1. The summed E-state index contributed by atoms with van der Waals surface area (Å²) < 4.78 is 12.5. The average Bonchev–Trinajstić information content (AvgIpc) is 2.29. The Kier molecular flexibility index (Phi) is 3.83. The molecule has 88 valence electrons. The van der Waals surface area contributed by atoms with Crippen LogP contribution in [0.1, 0.15) is 0 Å². The van der Waals surface area contributed by atoms with Gasteiger partial charge in [0.25, 0.3) is 11.3 Å². The standard InChI is InChI=1S/C9H3Cl3N2O2S/c10-4-2-1-3-5(11)7(4)16-9-6(15)8(12)13-17-14-9/h1-3H. The van der Waals surface area contributed by atoms with Crippen LogP contribution < -0.4 is 10.2 Å². The van der Waals surface area contributed by atoms with E-state index in [0.717, 1.165) is 11.7 Å². The summed E-state index contributed by atoms with van der Waals surface area (Å²) in [5.74, 6) is -0.0418. The number of rotatable bonds is 2. The zero-order chi connectivity index (χ0) is 12.4. The van der Waals surface area contributed by atoms with Crippen LogP contribution in [0.4, 0.5) is 0 Å². The maximum Gasteiger partial charge on any atom is 0.283 e. The summed E-state index contributed by atoms with van der Waals surface area (Å²) in [4.78, 5) is 11.5. The predicted molar refractivity (Wildman–Crippen MR) is 67.7 cm³/mol. The van der Waals surface area contributed by atoms with Crippen molar-refractivity contribution in [3.8, 4) is 11.6 Å². The lowest BCUT2D eigenvalue weighted by atomic mass is 10.3.